The Morgan fingerprint density at radius 3 is 2.43 bits per heavy atom. The number of amides is 1. The van der Waals surface area contributed by atoms with Gasteiger partial charge in [-0.2, -0.15) is 9.40 Å². The Morgan fingerprint density at radius 1 is 1.30 bits per heavy atom. The fraction of sp³-hybridized carbons (Fsp3) is 0.750. The molecule has 0 unspecified atom stereocenters. The van der Waals surface area contributed by atoms with E-state index in [-0.39, 0.29) is 12.3 Å². The van der Waals surface area contributed by atoms with Crippen molar-refractivity contribution in [2.24, 2.45) is 12.8 Å². The van der Waals surface area contributed by atoms with Gasteiger partial charge in [-0.25, -0.2) is 13.1 Å². The van der Waals surface area contributed by atoms with Crippen molar-refractivity contribution in [3.8, 4) is 0 Å². The Kier molecular flexibility index (Phi) is 5.55. The average molecular weight is 362 g/mol. The molecule has 0 aromatic carbocycles. The van der Waals surface area contributed by atoms with Crippen molar-refractivity contribution in [1.29, 1.82) is 0 Å². The van der Waals surface area contributed by atoms with Crippen molar-refractivity contribution in [1.82, 2.24) is 23.6 Å². The molecule has 1 aliphatic heterocycles. The summed E-state index contributed by atoms with van der Waals surface area (Å²) in [6.45, 7) is 2.69. The van der Waals surface area contributed by atoms with Gasteiger partial charge >= 0.3 is 0 Å². The molecule has 1 aromatic rings. The Balaban J connectivity index is 2.00. The lowest BCUT2D eigenvalue weighted by atomic mass is 10.3. The molecule has 0 aliphatic carbocycles. The predicted molar refractivity (Wildman–Crippen MR) is 87.5 cm³/mol. The maximum absolute atomic E-state index is 11.5. The second-order valence-corrected chi connectivity index (χ2v) is 7.99. The van der Waals surface area contributed by atoms with Crippen molar-refractivity contribution in [2.75, 3.05) is 32.4 Å². The predicted octanol–water partition coefficient (Wildman–Crippen LogP) is -1.10. The first-order valence-electron chi connectivity index (χ1n) is 7.27. The number of aromatic nitrogens is 3. The average Bonchev–Trinajstić information content (AvgIpc) is 2.73. The van der Waals surface area contributed by atoms with E-state index in [9.17, 15) is 13.2 Å². The summed E-state index contributed by atoms with van der Waals surface area (Å²) in [5.74, 6) is 0.339. The van der Waals surface area contributed by atoms with Crippen LogP contribution in [0.4, 0.5) is 0 Å². The van der Waals surface area contributed by atoms with Crippen LogP contribution in [0.25, 0.3) is 0 Å². The third-order valence-electron chi connectivity index (χ3n) is 3.86. The quantitative estimate of drug-likeness (QED) is 0.644. The molecule has 0 atom stereocenters. The molecule has 2 rings (SSSR count). The highest BCUT2D eigenvalue weighted by Crippen LogP contribution is 2.09. The van der Waals surface area contributed by atoms with Crippen LogP contribution in [-0.2, 0) is 35.0 Å². The molecule has 0 bridgehead atoms. The van der Waals surface area contributed by atoms with Gasteiger partial charge in [-0.15, -0.1) is 0 Å². The molecule has 0 spiro atoms. The minimum absolute atomic E-state index is 0.229. The lowest BCUT2D eigenvalue weighted by molar-refractivity contribution is -0.118. The summed E-state index contributed by atoms with van der Waals surface area (Å²) in [6, 6.07) is 0. The van der Waals surface area contributed by atoms with Gasteiger partial charge in [0.05, 0.1) is 12.9 Å². The molecule has 1 saturated heterocycles. The normalized spacial score (nSPS) is 17.5. The molecule has 0 radical (unpaired) electrons. The molecule has 1 aromatic heterocycles. The summed E-state index contributed by atoms with van der Waals surface area (Å²) in [6.07, 6.45) is 1.90. The number of aryl methyl sites for hydroxylation is 1. The minimum atomic E-state index is -3.13. The molecule has 23 heavy (non-hydrogen) atoms. The van der Waals surface area contributed by atoms with Gasteiger partial charge in [-0.05, 0) is 12.2 Å². The Labute approximate surface area is 140 Å². The van der Waals surface area contributed by atoms with Crippen molar-refractivity contribution in [3.63, 3.8) is 0 Å². The van der Waals surface area contributed by atoms with E-state index in [1.807, 2.05) is 7.05 Å². The van der Waals surface area contributed by atoms with Crippen LogP contribution in [0.1, 0.15) is 12.2 Å². The van der Waals surface area contributed by atoms with Gasteiger partial charge in [0.1, 0.15) is 5.82 Å². The van der Waals surface area contributed by atoms with Gasteiger partial charge in [-0.1, -0.05) is 0 Å². The summed E-state index contributed by atoms with van der Waals surface area (Å²) < 4.78 is 28.5. The van der Waals surface area contributed by atoms with Crippen LogP contribution in [0.3, 0.4) is 0 Å². The van der Waals surface area contributed by atoms with Crippen LogP contribution < -0.4 is 5.73 Å². The van der Waals surface area contributed by atoms with Crippen molar-refractivity contribution in [3.05, 3.63) is 10.6 Å². The number of hydrogen-bond donors (Lipinski definition) is 1. The standard InChI is InChI=1S/C12H22N6O3S2/c1-15-11(4-3-10(13)19)14-18(12(15)22)9-16-5-7-17(8-6-16)23(2,20)21/h3-9H2,1-2H3,(H2,13,19). The van der Waals surface area contributed by atoms with Gasteiger partial charge in [0.25, 0.3) is 0 Å². The number of piperazine rings is 1. The zero-order valence-corrected chi connectivity index (χ0v) is 14.9. The first-order chi connectivity index (χ1) is 10.7. The second-order valence-electron chi connectivity index (χ2n) is 5.65. The number of carbonyl (C=O) groups is 1. The van der Waals surface area contributed by atoms with Crippen molar-refractivity contribution in [2.45, 2.75) is 19.5 Å². The number of nitrogens with zero attached hydrogens (tertiary/aromatic N) is 5. The number of sulfonamides is 1. The first kappa shape index (κ1) is 18.0. The molecule has 130 valence electrons. The number of nitrogens with two attached hydrogens (primary N) is 1. The van der Waals surface area contributed by atoms with E-state index in [1.165, 1.54) is 10.6 Å². The van der Waals surface area contributed by atoms with E-state index in [0.717, 1.165) is 0 Å². The maximum atomic E-state index is 11.5. The molecule has 0 saturated carbocycles. The summed E-state index contributed by atoms with van der Waals surface area (Å²) >= 11 is 5.36. The summed E-state index contributed by atoms with van der Waals surface area (Å²) in [5.41, 5.74) is 5.16. The van der Waals surface area contributed by atoms with E-state index >= 15 is 0 Å². The van der Waals surface area contributed by atoms with Gasteiger partial charge in [-0.3, -0.25) is 9.69 Å². The van der Waals surface area contributed by atoms with Crippen molar-refractivity contribution >= 4 is 28.1 Å². The smallest absolute Gasteiger partial charge is 0.217 e. The first-order valence-corrected chi connectivity index (χ1v) is 9.52. The molecule has 9 nitrogen and oxygen atoms in total. The van der Waals surface area contributed by atoms with Crippen LogP contribution in [0.15, 0.2) is 0 Å². The van der Waals surface area contributed by atoms with E-state index < -0.39 is 10.0 Å². The van der Waals surface area contributed by atoms with Crippen LogP contribution in [0.2, 0.25) is 0 Å². The summed E-state index contributed by atoms with van der Waals surface area (Å²) in [5, 5.41) is 4.44. The lowest BCUT2D eigenvalue weighted by Crippen LogP contribution is -2.48. The summed E-state index contributed by atoms with van der Waals surface area (Å²) in [7, 11) is -1.32. The monoisotopic (exact) mass is 362 g/mol. The van der Waals surface area contributed by atoms with Crippen LogP contribution in [0.5, 0.6) is 0 Å². The van der Waals surface area contributed by atoms with Crippen LogP contribution >= 0.6 is 12.2 Å². The SMILES string of the molecule is Cn1c(CCC(N)=O)nn(CN2CCN(S(C)(=O)=O)CC2)c1=S. The second kappa shape index (κ2) is 7.07. The van der Waals surface area contributed by atoms with Gasteiger partial charge in [0.2, 0.25) is 15.9 Å². The molecule has 2 heterocycles. The van der Waals surface area contributed by atoms with Gasteiger partial charge in [0, 0.05) is 46.1 Å². The highest BCUT2D eigenvalue weighted by atomic mass is 32.2. The number of hydrogen-bond acceptors (Lipinski definition) is 6. The number of rotatable bonds is 6. The topological polar surface area (TPSA) is 106 Å². The van der Waals surface area contributed by atoms with Gasteiger partial charge < -0.3 is 10.3 Å². The Hall–Kier alpha value is -1.30. The minimum Gasteiger partial charge on any atom is -0.370 e. The van der Waals surface area contributed by atoms with E-state index in [4.69, 9.17) is 18.0 Å². The maximum Gasteiger partial charge on any atom is 0.217 e. The molecule has 1 aliphatic rings. The third-order valence-corrected chi connectivity index (χ3v) is 5.65. The fourth-order valence-electron chi connectivity index (χ4n) is 2.47. The van der Waals surface area contributed by atoms with Crippen LogP contribution in [-0.4, -0.2) is 70.3 Å². The van der Waals surface area contributed by atoms with E-state index in [2.05, 4.69) is 10.00 Å². The highest BCUT2D eigenvalue weighted by Gasteiger charge is 2.24. The molecule has 2 N–H and O–H groups in total. The largest absolute Gasteiger partial charge is 0.370 e. The Morgan fingerprint density at radius 2 is 1.91 bits per heavy atom. The molecule has 1 amide bonds. The molecular weight excluding hydrogens is 340 g/mol. The molecular formula is C12H22N6O3S2. The zero-order valence-electron chi connectivity index (χ0n) is 13.3. The zero-order chi connectivity index (χ0) is 17.2. The van der Waals surface area contributed by atoms with Gasteiger partial charge in [0.15, 0.2) is 4.77 Å². The third kappa shape index (κ3) is 4.59. The van der Waals surface area contributed by atoms with E-state index in [0.29, 0.717) is 49.9 Å². The molecule has 11 heteroatoms. The highest BCUT2D eigenvalue weighted by molar-refractivity contribution is 7.88. The lowest BCUT2D eigenvalue weighted by Gasteiger charge is -2.32. The number of carbonyl (C=O) groups excluding carboxylic acids is 1. The fourth-order valence-corrected chi connectivity index (χ4v) is 3.50. The van der Waals surface area contributed by atoms with E-state index in [1.54, 1.807) is 9.25 Å². The number of primary amides is 1. The molecule has 1 fully saturated rings. The van der Waals surface area contributed by atoms with Crippen LogP contribution in [0, 0.1) is 4.77 Å². The Bertz CT molecular complexity index is 730. The van der Waals surface area contributed by atoms with Crippen molar-refractivity contribution < 1.29 is 13.2 Å². The summed E-state index contributed by atoms with van der Waals surface area (Å²) in [4.78, 5) is 13.0.